The average molecular weight is 510 g/mol. The van der Waals surface area contributed by atoms with E-state index in [1.165, 1.54) is 4.57 Å². The van der Waals surface area contributed by atoms with E-state index in [0.29, 0.717) is 50.4 Å². The quantitative estimate of drug-likeness (QED) is 0.380. The second-order valence-corrected chi connectivity index (χ2v) is 9.25. The fraction of sp³-hybridized carbons (Fsp3) is 0.375. The lowest BCUT2D eigenvalue weighted by Gasteiger charge is -2.30. The monoisotopic (exact) mass is 508 g/mol. The fourth-order valence-corrected chi connectivity index (χ4v) is 4.28. The fourth-order valence-electron chi connectivity index (χ4n) is 3.82. The third-order valence-corrected chi connectivity index (χ3v) is 6.67. The molecule has 33 heavy (non-hydrogen) atoms. The lowest BCUT2D eigenvalue weighted by Crippen LogP contribution is -2.38. The highest BCUT2D eigenvalue weighted by molar-refractivity contribution is 6.42. The summed E-state index contributed by atoms with van der Waals surface area (Å²) in [4.78, 5) is 32.9. The molecule has 1 heterocycles. The maximum Gasteiger partial charge on any atom is 0.261 e. The first-order valence-corrected chi connectivity index (χ1v) is 12.0. The predicted molar refractivity (Wildman–Crippen MR) is 135 cm³/mol. The maximum absolute atomic E-state index is 13.5. The van der Waals surface area contributed by atoms with Crippen LogP contribution in [0.15, 0.2) is 41.2 Å². The molecule has 3 aromatic rings. The molecule has 2 N–H and O–H groups in total. The second-order valence-electron chi connectivity index (χ2n) is 8.00. The third kappa shape index (κ3) is 5.87. The van der Waals surface area contributed by atoms with E-state index in [4.69, 9.17) is 45.5 Å². The number of hydrogen-bond acceptors (Lipinski definition) is 4. The number of hydrogen-bond donors (Lipinski definition) is 1. The molecule has 0 saturated heterocycles. The number of nitrogens with zero attached hydrogens (tertiary/aromatic N) is 3. The molecule has 9 heteroatoms. The van der Waals surface area contributed by atoms with Crippen LogP contribution in [0.3, 0.4) is 0 Å². The molecule has 0 spiro atoms. The van der Waals surface area contributed by atoms with Gasteiger partial charge in [-0.2, -0.15) is 0 Å². The number of unbranched alkanes of at least 4 members (excludes halogenated alkanes) is 3. The number of rotatable bonds is 9. The molecule has 0 aliphatic rings. The summed E-state index contributed by atoms with van der Waals surface area (Å²) in [5.41, 5.74) is 6.32. The molecule has 0 aliphatic carbocycles. The molecule has 0 aliphatic heterocycles. The first-order chi connectivity index (χ1) is 15.7. The summed E-state index contributed by atoms with van der Waals surface area (Å²) in [7, 11) is 1.66. The zero-order valence-electron chi connectivity index (χ0n) is 18.7. The summed E-state index contributed by atoms with van der Waals surface area (Å²) in [6, 6.07) is 9.33. The Bertz CT molecular complexity index is 1210. The first kappa shape index (κ1) is 25.5. The second kappa shape index (κ2) is 11.3. The summed E-state index contributed by atoms with van der Waals surface area (Å²) >= 11 is 18.3. The summed E-state index contributed by atoms with van der Waals surface area (Å²) in [6.45, 7) is 3.01. The van der Waals surface area contributed by atoms with Crippen LogP contribution in [0.4, 0.5) is 0 Å². The van der Waals surface area contributed by atoms with Crippen molar-refractivity contribution in [2.24, 2.45) is 12.8 Å². The van der Waals surface area contributed by atoms with E-state index in [2.05, 4.69) is 0 Å². The topological polar surface area (TPSA) is 81.2 Å². The Morgan fingerprint density at radius 2 is 1.79 bits per heavy atom. The Hall–Kier alpha value is -2.12. The zero-order valence-corrected chi connectivity index (χ0v) is 20.9. The van der Waals surface area contributed by atoms with Crippen molar-refractivity contribution >= 4 is 51.6 Å². The van der Waals surface area contributed by atoms with Crippen LogP contribution in [0.5, 0.6) is 0 Å². The standard InChI is InChI=1S/C24H27Cl3N4O2/c1-15(22-29-21-14-17(25)8-9-18(21)24(33)30(22)2)31(12-6-4-3-5-11-28)23(32)16-7-10-19(26)20(27)13-16/h7-10,13-15H,3-6,11-12,28H2,1-2H3. The third-order valence-electron chi connectivity index (χ3n) is 5.70. The Morgan fingerprint density at radius 3 is 2.48 bits per heavy atom. The molecule has 3 rings (SSSR count). The smallest absolute Gasteiger partial charge is 0.261 e. The van der Waals surface area contributed by atoms with E-state index >= 15 is 0 Å². The van der Waals surface area contributed by atoms with Crippen LogP contribution in [-0.2, 0) is 7.05 Å². The molecule has 0 fully saturated rings. The lowest BCUT2D eigenvalue weighted by molar-refractivity contribution is 0.0676. The molecular formula is C24H27Cl3N4O2. The highest BCUT2D eigenvalue weighted by Gasteiger charge is 2.26. The van der Waals surface area contributed by atoms with Gasteiger partial charge in [0.1, 0.15) is 5.82 Å². The number of aromatic nitrogens is 2. The highest BCUT2D eigenvalue weighted by Crippen LogP contribution is 2.27. The summed E-state index contributed by atoms with van der Waals surface area (Å²) in [5.74, 6) is 0.269. The Balaban J connectivity index is 2.00. The average Bonchev–Trinajstić information content (AvgIpc) is 2.79. The Labute approximate surface area is 208 Å². The van der Waals surface area contributed by atoms with Gasteiger partial charge in [-0.1, -0.05) is 47.6 Å². The summed E-state index contributed by atoms with van der Waals surface area (Å²) < 4.78 is 1.49. The van der Waals surface area contributed by atoms with E-state index < -0.39 is 6.04 Å². The van der Waals surface area contributed by atoms with Crippen LogP contribution in [0, 0.1) is 0 Å². The Morgan fingerprint density at radius 1 is 1.06 bits per heavy atom. The summed E-state index contributed by atoms with van der Waals surface area (Å²) in [6.07, 6.45) is 3.67. The van der Waals surface area contributed by atoms with Crippen molar-refractivity contribution in [3.63, 3.8) is 0 Å². The normalized spacial score (nSPS) is 12.2. The van der Waals surface area contributed by atoms with E-state index in [0.717, 1.165) is 25.7 Å². The van der Waals surface area contributed by atoms with E-state index in [9.17, 15) is 9.59 Å². The zero-order chi connectivity index (χ0) is 24.1. The number of nitrogens with two attached hydrogens (primary N) is 1. The highest BCUT2D eigenvalue weighted by atomic mass is 35.5. The molecule has 0 radical (unpaired) electrons. The molecular weight excluding hydrogens is 483 g/mol. The van der Waals surface area contributed by atoms with Crippen molar-refractivity contribution < 1.29 is 4.79 Å². The molecule has 6 nitrogen and oxygen atoms in total. The molecule has 176 valence electrons. The van der Waals surface area contributed by atoms with Gasteiger partial charge in [0.2, 0.25) is 0 Å². The van der Waals surface area contributed by atoms with Crippen molar-refractivity contribution in [3.8, 4) is 0 Å². The van der Waals surface area contributed by atoms with Crippen LogP contribution in [0.25, 0.3) is 10.9 Å². The van der Waals surface area contributed by atoms with Crippen LogP contribution in [-0.4, -0.2) is 33.4 Å². The van der Waals surface area contributed by atoms with E-state index in [1.807, 2.05) is 6.92 Å². The van der Waals surface area contributed by atoms with Gasteiger partial charge in [0.05, 0.1) is 27.0 Å². The number of amides is 1. The van der Waals surface area contributed by atoms with Gasteiger partial charge >= 0.3 is 0 Å². The van der Waals surface area contributed by atoms with Gasteiger partial charge in [-0.15, -0.1) is 0 Å². The number of fused-ring (bicyclic) bond motifs is 1. The van der Waals surface area contributed by atoms with Crippen LogP contribution in [0.2, 0.25) is 15.1 Å². The van der Waals surface area contributed by atoms with Gasteiger partial charge in [0.15, 0.2) is 0 Å². The van der Waals surface area contributed by atoms with Crippen LogP contribution in [0.1, 0.15) is 54.8 Å². The summed E-state index contributed by atoms with van der Waals surface area (Å²) in [5, 5.41) is 1.65. The van der Waals surface area contributed by atoms with Crippen LogP contribution >= 0.6 is 34.8 Å². The number of carbonyl (C=O) groups excluding carboxylic acids is 1. The molecule has 1 atom stereocenters. The molecule has 2 aromatic carbocycles. The van der Waals surface area contributed by atoms with Gasteiger partial charge in [-0.3, -0.25) is 14.2 Å². The van der Waals surface area contributed by atoms with Crippen molar-refractivity contribution in [1.82, 2.24) is 14.5 Å². The lowest BCUT2D eigenvalue weighted by atomic mass is 10.1. The number of halogens is 3. The minimum atomic E-state index is -0.470. The first-order valence-electron chi connectivity index (χ1n) is 10.9. The van der Waals surface area contributed by atoms with Crippen molar-refractivity contribution in [1.29, 1.82) is 0 Å². The largest absolute Gasteiger partial charge is 0.330 e. The van der Waals surface area contributed by atoms with Crippen LogP contribution < -0.4 is 11.3 Å². The van der Waals surface area contributed by atoms with Gasteiger partial charge in [-0.05, 0) is 62.7 Å². The number of benzene rings is 2. The van der Waals surface area contributed by atoms with Crippen molar-refractivity contribution in [3.05, 3.63) is 73.2 Å². The predicted octanol–water partition coefficient (Wildman–Crippen LogP) is 5.62. The van der Waals surface area contributed by atoms with Gasteiger partial charge in [0.25, 0.3) is 11.5 Å². The van der Waals surface area contributed by atoms with Gasteiger partial charge in [-0.25, -0.2) is 4.98 Å². The minimum absolute atomic E-state index is 0.191. The van der Waals surface area contributed by atoms with Gasteiger partial charge in [0, 0.05) is 24.2 Å². The maximum atomic E-state index is 13.5. The molecule has 0 bridgehead atoms. The van der Waals surface area contributed by atoms with Crippen molar-refractivity contribution in [2.45, 2.75) is 38.6 Å². The minimum Gasteiger partial charge on any atom is -0.330 e. The van der Waals surface area contributed by atoms with Gasteiger partial charge < -0.3 is 10.6 Å². The SMILES string of the molecule is CC(c1nc2cc(Cl)ccc2c(=O)n1C)N(CCCCCCN)C(=O)c1ccc(Cl)c(Cl)c1. The molecule has 0 saturated carbocycles. The van der Waals surface area contributed by atoms with E-state index in [1.54, 1.807) is 48.3 Å². The van der Waals surface area contributed by atoms with Crippen molar-refractivity contribution in [2.75, 3.05) is 13.1 Å². The Kier molecular flexibility index (Phi) is 8.76. The molecule has 1 amide bonds. The molecule has 1 unspecified atom stereocenters. The number of carbonyl (C=O) groups is 1. The molecule has 1 aromatic heterocycles. The van der Waals surface area contributed by atoms with E-state index in [-0.39, 0.29) is 11.5 Å².